The van der Waals surface area contributed by atoms with Crippen LogP contribution in [0, 0.1) is 6.92 Å². The second-order valence-corrected chi connectivity index (χ2v) is 7.09. The van der Waals surface area contributed by atoms with E-state index in [-0.39, 0.29) is 24.2 Å². The summed E-state index contributed by atoms with van der Waals surface area (Å²) >= 11 is 0. The average molecular weight is 418 g/mol. The Kier molecular flexibility index (Phi) is 6.07. The fourth-order valence-corrected chi connectivity index (χ4v) is 3.45. The van der Waals surface area contributed by atoms with E-state index in [4.69, 9.17) is 9.15 Å². The minimum absolute atomic E-state index is 0.141. The fourth-order valence-electron chi connectivity index (χ4n) is 3.45. The number of nitrogens with zero attached hydrogens (tertiary/aromatic N) is 2. The SMILES string of the molecule is Cc1c(C(=O)Nc2ccncc2)oc2c1/C(=N/NC(=O)COc1ccccc1)CCC2. The molecular formula is C23H22N4O4. The quantitative estimate of drug-likeness (QED) is 0.596. The van der Waals surface area contributed by atoms with Gasteiger partial charge < -0.3 is 14.5 Å². The van der Waals surface area contributed by atoms with E-state index in [1.165, 1.54) is 0 Å². The molecule has 2 N–H and O–H groups in total. The molecular weight excluding hydrogens is 396 g/mol. The van der Waals surface area contributed by atoms with Crippen LogP contribution < -0.4 is 15.5 Å². The van der Waals surface area contributed by atoms with Crippen LogP contribution in [0.3, 0.4) is 0 Å². The zero-order valence-corrected chi connectivity index (χ0v) is 17.1. The van der Waals surface area contributed by atoms with Gasteiger partial charge in [0, 0.05) is 35.6 Å². The van der Waals surface area contributed by atoms with Crippen molar-refractivity contribution in [3.8, 4) is 5.75 Å². The summed E-state index contributed by atoms with van der Waals surface area (Å²) in [5, 5.41) is 7.10. The van der Waals surface area contributed by atoms with Gasteiger partial charge in [-0.1, -0.05) is 18.2 Å². The Morgan fingerprint density at radius 3 is 2.68 bits per heavy atom. The molecule has 0 spiro atoms. The summed E-state index contributed by atoms with van der Waals surface area (Å²) in [6, 6.07) is 12.5. The number of pyridine rings is 1. The number of carbonyl (C=O) groups is 2. The van der Waals surface area contributed by atoms with Crippen LogP contribution in [-0.2, 0) is 11.2 Å². The molecule has 0 radical (unpaired) electrons. The minimum atomic E-state index is -0.361. The number of aryl methyl sites for hydroxylation is 1. The number of fused-ring (bicyclic) bond motifs is 1. The van der Waals surface area contributed by atoms with Crippen LogP contribution in [0.25, 0.3) is 0 Å². The van der Waals surface area contributed by atoms with E-state index in [0.29, 0.717) is 41.3 Å². The highest BCUT2D eigenvalue weighted by atomic mass is 16.5. The van der Waals surface area contributed by atoms with Gasteiger partial charge in [-0.3, -0.25) is 14.6 Å². The molecule has 0 bridgehead atoms. The minimum Gasteiger partial charge on any atom is -0.484 e. The van der Waals surface area contributed by atoms with Crippen molar-refractivity contribution in [3.63, 3.8) is 0 Å². The van der Waals surface area contributed by atoms with Crippen molar-refractivity contribution in [1.29, 1.82) is 0 Å². The van der Waals surface area contributed by atoms with Gasteiger partial charge in [0.25, 0.3) is 11.8 Å². The van der Waals surface area contributed by atoms with Crippen molar-refractivity contribution in [2.75, 3.05) is 11.9 Å². The highest BCUT2D eigenvalue weighted by Crippen LogP contribution is 2.30. The lowest BCUT2D eigenvalue weighted by Crippen LogP contribution is -2.27. The molecule has 3 aromatic rings. The molecule has 8 heteroatoms. The van der Waals surface area contributed by atoms with Crippen molar-refractivity contribution in [2.24, 2.45) is 5.10 Å². The van der Waals surface area contributed by atoms with Crippen LogP contribution >= 0.6 is 0 Å². The van der Waals surface area contributed by atoms with E-state index in [1.807, 2.05) is 25.1 Å². The number of rotatable bonds is 6. The van der Waals surface area contributed by atoms with Gasteiger partial charge in [0.15, 0.2) is 12.4 Å². The molecule has 2 amide bonds. The topological polar surface area (TPSA) is 106 Å². The summed E-state index contributed by atoms with van der Waals surface area (Å²) in [7, 11) is 0. The lowest BCUT2D eigenvalue weighted by Gasteiger charge is -2.13. The number of para-hydroxylation sites is 1. The third-order valence-corrected chi connectivity index (χ3v) is 4.90. The second kappa shape index (κ2) is 9.25. The molecule has 0 saturated carbocycles. The largest absolute Gasteiger partial charge is 0.484 e. The molecule has 1 aliphatic rings. The first kappa shape index (κ1) is 20.3. The first-order valence-electron chi connectivity index (χ1n) is 9.99. The van der Waals surface area contributed by atoms with Crippen LogP contribution in [0.1, 0.15) is 40.3 Å². The second-order valence-electron chi connectivity index (χ2n) is 7.09. The maximum Gasteiger partial charge on any atom is 0.291 e. The Bertz CT molecular complexity index is 1110. The van der Waals surface area contributed by atoms with E-state index in [9.17, 15) is 9.59 Å². The zero-order valence-electron chi connectivity index (χ0n) is 17.1. The average Bonchev–Trinajstić information content (AvgIpc) is 3.15. The molecule has 2 heterocycles. The number of anilines is 1. The monoisotopic (exact) mass is 418 g/mol. The summed E-state index contributed by atoms with van der Waals surface area (Å²) in [5.41, 5.74) is 5.36. The first-order valence-corrected chi connectivity index (χ1v) is 9.99. The molecule has 1 aromatic carbocycles. The number of furan rings is 1. The van der Waals surface area contributed by atoms with Gasteiger partial charge >= 0.3 is 0 Å². The van der Waals surface area contributed by atoms with Crippen LogP contribution in [0.4, 0.5) is 5.69 Å². The Morgan fingerprint density at radius 1 is 1.13 bits per heavy atom. The van der Waals surface area contributed by atoms with Crippen molar-refractivity contribution >= 4 is 23.2 Å². The predicted molar refractivity (Wildman–Crippen MR) is 115 cm³/mol. The van der Waals surface area contributed by atoms with Crippen LogP contribution in [0.5, 0.6) is 5.75 Å². The van der Waals surface area contributed by atoms with Crippen molar-refractivity contribution in [3.05, 3.63) is 77.5 Å². The van der Waals surface area contributed by atoms with Gasteiger partial charge in [0.05, 0.1) is 5.71 Å². The summed E-state index contributed by atoms with van der Waals surface area (Å²) in [5.74, 6) is 0.867. The summed E-state index contributed by atoms with van der Waals surface area (Å²) in [6.07, 6.45) is 5.41. The molecule has 0 saturated heterocycles. The molecule has 0 aliphatic heterocycles. The third kappa shape index (κ3) is 4.80. The number of aromatic nitrogens is 1. The summed E-state index contributed by atoms with van der Waals surface area (Å²) in [6.45, 7) is 1.68. The number of hydrogen-bond donors (Lipinski definition) is 2. The highest BCUT2D eigenvalue weighted by molar-refractivity contribution is 6.09. The number of ether oxygens (including phenoxy) is 1. The molecule has 0 unspecified atom stereocenters. The van der Waals surface area contributed by atoms with Crippen LogP contribution in [-0.4, -0.2) is 29.1 Å². The van der Waals surface area contributed by atoms with E-state index in [1.54, 1.807) is 36.7 Å². The number of amides is 2. The van der Waals surface area contributed by atoms with Gasteiger partial charge in [-0.2, -0.15) is 5.10 Å². The van der Waals surface area contributed by atoms with E-state index < -0.39 is 0 Å². The molecule has 0 atom stereocenters. The summed E-state index contributed by atoms with van der Waals surface area (Å²) in [4.78, 5) is 28.8. The van der Waals surface area contributed by atoms with Crippen molar-refractivity contribution in [1.82, 2.24) is 10.4 Å². The number of hydrazone groups is 1. The number of hydrogen-bond acceptors (Lipinski definition) is 6. The van der Waals surface area contributed by atoms with E-state index >= 15 is 0 Å². The van der Waals surface area contributed by atoms with Gasteiger partial charge in [-0.15, -0.1) is 0 Å². The van der Waals surface area contributed by atoms with Gasteiger partial charge in [0.2, 0.25) is 0 Å². The molecule has 2 aromatic heterocycles. The maximum atomic E-state index is 12.7. The molecule has 8 nitrogen and oxygen atoms in total. The highest BCUT2D eigenvalue weighted by Gasteiger charge is 2.28. The lowest BCUT2D eigenvalue weighted by atomic mass is 9.93. The molecule has 0 fully saturated rings. The predicted octanol–water partition coefficient (Wildman–Crippen LogP) is 3.47. The number of benzene rings is 1. The van der Waals surface area contributed by atoms with Crippen molar-refractivity contribution < 1.29 is 18.7 Å². The Morgan fingerprint density at radius 2 is 1.90 bits per heavy atom. The Hall–Kier alpha value is -3.94. The van der Waals surface area contributed by atoms with Crippen LogP contribution in [0.2, 0.25) is 0 Å². The summed E-state index contributed by atoms with van der Waals surface area (Å²) < 4.78 is 11.3. The third-order valence-electron chi connectivity index (χ3n) is 4.90. The maximum absolute atomic E-state index is 12.7. The molecule has 158 valence electrons. The molecule has 4 rings (SSSR count). The molecule has 1 aliphatic carbocycles. The lowest BCUT2D eigenvalue weighted by molar-refractivity contribution is -0.123. The Balaban J connectivity index is 1.46. The smallest absolute Gasteiger partial charge is 0.291 e. The normalized spacial score (nSPS) is 14.0. The molecule has 31 heavy (non-hydrogen) atoms. The first-order chi connectivity index (χ1) is 15.1. The standard InChI is InChI=1S/C23H22N4O4/c1-15-21-18(26-27-20(28)14-30-17-6-3-2-4-7-17)8-5-9-19(21)31-22(15)23(29)25-16-10-12-24-13-11-16/h2-4,6-7,10-13H,5,8-9,14H2,1H3,(H,27,28)(H,24,25,29)/b26-18+. The number of carbonyl (C=O) groups excluding carboxylic acids is 2. The van der Waals surface area contributed by atoms with Gasteiger partial charge in [0.1, 0.15) is 11.5 Å². The van der Waals surface area contributed by atoms with Gasteiger partial charge in [-0.05, 0) is 44.0 Å². The van der Waals surface area contributed by atoms with E-state index in [0.717, 1.165) is 12.0 Å². The van der Waals surface area contributed by atoms with Crippen molar-refractivity contribution in [2.45, 2.75) is 26.2 Å². The van der Waals surface area contributed by atoms with Crippen LogP contribution in [0.15, 0.2) is 64.4 Å². The zero-order chi connectivity index (χ0) is 21.6. The number of nitrogens with one attached hydrogen (secondary N) is 2. The Labute approximate surface area is 179 Å². The van der Waals surface area contributed by atoms with E-state index in [2.05, 4.69) is 20.8 Å². The van der Waals surface area contributed by atoms with Gasteiger partial charge in [-0.25, -0.2) is 5.43 Å². The fraction of sp³-hybridized carbons (Fsp3) is 0.217.